The van der Waals surface area contributed by atoms with E-state index in [0.29, 0.717) is 0 Å². The molecule has 0 saturated carbocycles. The topological polar surface area (TPSA) is 6.48 Å². The van der Waals surface area contributed by atoms with Gasteiger partial charge in [-0.2, -0.15) is 0 Å². The van der Waals surface area contributed by atoms with E-state index in [-0.39, 0.29) is 0 Å². The van der Waals surface area contributed by atoms with Gasteiger partial charge in [-0.3, -0.25) is 0 Å². The maximum atomic E-state index is 2.51. The molecule has 0 aromatic heterocycles. The summed E-state index contributed by atoms with van der Waals surface area (Å²) in [6, 6.07) is 55.6. The van der Waals surface area contributed by atoms with Crippen molar-refractivity contribution in [1.82, 2.24) is 0 Å². The Balaban J connectivity index is 1.27. The molecule has 1 heterocycles. The summed E-state index contributed by atoms with van der Waals surface area (Å²) in [5.74, 6) is 0. The Bertz CT molecular complexity index is 2340. The average molecular weight is 577 g/mol. The summed E-state index contributed by atoms with van der Waals surface area (Å²) in [5, 5.41) is 7.81. The number of hydrogen-bond acceptors (Lipinski definition) is 2. The highest BCUT2D eigenvalue weighted by Crippen LogP contribution is 2.47. The zero-order valence-corrected chi connectivity index (χ0v) is 25.2. The lowest BCUT2D eigenvalue weighted by atomic mass is 9.91. The first-order valence-electron chi connectivity index (χ1n) is 15.8. The summed E-state index contributed by atoms with van der Waals surface area (Å²) < 4.78 is 0. The lowest BCUT2D eigenvalue weighted by Crippen LogP contribution is -2.14. The molecule has 8 aromatic carbocycles. The maximum Gasteiger partial charge on any atom is 0.0540 e. The second-order valence-corrected chi connectivity index (χ2v) is 12.2. The van der Waals surface area contributed by atoms with Gasteiger partial charge in [-0.15, -0.1) is 0 Å². The number of hydrogen-bond donors (Lipinski definition) is 0. The van der Waals surface area contributed by atoms with Crippen LogP contribution in [-0.4, -0.2) is 6.54 Å². The molecule has 2 heteroatoms. The standard InChI is InChI=1S/C43H32N2/c1-29-28-34(30-10-4-2-5-11-30)20-23-38(29)45(35-13-6-3-7-14-35)41-25-19-33-16-21-36-40(44-27-26-31-12-8-9-15-39(31)44)24-18-32-17-22-37(41)43(33)42(32)36/h2-25,28H,26-27H2,1H3. The first kappa shape index (κ1) is 25.9. The van der Waals surface area contributed by atoms with Gasteiger partial charge in [0.2, 0.25) is 0 Å². The molecule has 0 saturated heterocycles. The second kappa shape index (κ2) is 10.2. The van der Waals surface area contributed by atoms with Crippen LogP contribution in [0, 0.1) is 6.92 Å². The number of anilines is 5. The van der Waals surface area contributed by atoms with Crippen molar-refractivity contribution in [2.75, 3.05) is 16.3 Å². The van der Waals surface area contributed by atoms with Crippen LogP contribution >= 0.6 is 0 Å². The molecule has 0 aliphatic carbocycles. The first-order valence-corrected chi connectivity index (χ1v) is 15.8. The normalized spacial score (nSPS) is 12.8. The van der Waals surface area contributed by atoms with Gasteiger partial charge in [-0.1, -0.05) is 109 Å². The highest BCUT2D eigenvalue weighted by atomic mass is 15.2. The molecule has 0 spiro atoms. The van der Waals surface area contributed by atoms with Crippen molar-refractivity contribution in [2.24, 2.45) is 0 Å². The van der Waals surface area contributed by atoms with Gasteiger partial charge in [0.25, 0.3) is 0 Å². The summed E-state index contributed by atoms with van der Waals surface area (Å²) in [6.45, 7) is 3.24. The zero-order chi connectivity index (χ0) is 29.9. The third-order valence-corrected chi connectivity index (χ3v) is 9.60. The van der Waals surface area contributed by atoms with E-state index >= 15 is 0 Å². The third-order valence-electron chi connectivity index (χ3n) is 9.60. The van der Waals surface area contributed by atoms with Crippen LogP contribution in [0.5, 0.6) is 0 Å². The van der Waals surface area contributed by atoms with Crippen LogP contribution in [0.4, 0.5) is 28.4 Å². The molecule has 1 aliphatic rings. The van der Waals surface area contributed by atoms with Crippen LogP contribution in [0.25, 0.3) is 43.4 Å². The Morgan fingerprint density at radius 3 is 1.96 bits per heavy atom. The molecule has 0 atom stereocenters. The van der Waals surface area contributed by atoms with Gasteiger partial charge in [-0.25, -0.2) is 0 Å². The van der Waals surface area contributed by atoms with Gasteiger partial charge in [0.1, 0.15) is 0 Å². The van der Waals surface area contributed by atoms with Gasteiger partial charge in [-0.05, 0) is 99.6 Å². The zero-order valence-electron chi connectivity index (χ0n) is 25.2. The van der Waals surface area contributed by atoms with E-state index in [4.69, 9.17) is 0 Å². The molecule has 45 heavy (non-hydrogen) atoms. The molecule has 9 rings (SSSR count). The third kappa shape index (κ3) is 4.10. The second-order valence-electron chi connectivity index (χ2n) is 12.2. The molecule has 0 amide bonds. The van der Waals surface area contributed by atoms with Crippen molar-refractivity contribution in [3.63, 3.8) is 0 Å². The Kier molecular flexibility index (Phi) is 5.89. The largest absolute Gasteiger partial charge is 0.340 e. The van der Waals surface area contributed by atoms with E-state index in [2.05, 4.69) is 168 Å². The number of fused-ring (bicyclic) bond motifs is 1. The molecular formula is C43H32N2. The van der Waals surface area contributed by atoms with Gasteiger partial charge >= 0.3 is 0 Å². The van der Waals surface area contributed by atoms with Crippen LogP contribution in [0.1, 0.15) is 11.1 Å². The monoisotopic (exact) mass is 576 g/mol. The minimum absolute atomic E-state index is 1.01. The molecule has 0 radical (unpaired) electrons. The molecule has 0 unspecified atom stereocenters. The Labute approximate surface area is 263 Å². The first-order chi connectivity index (χ1) is 22.2. The average Bonchev–Trinajstić information content (AvgIpc) is 3.53. The van der Waals surface area contributed by atoms with E-state index in [0.717, 1.165) is 18.7 Å². The molecule has 214 valence electrons. The quantitative estimate of drug-likeness (QED) is 0.188. The van der Waals surface area contributed by atoms with Gasteiger partial charge in [0.15, 0.2) is 0 Å². The minimum Gasteiger partial charge on any atom is -0.340 e. The van der Waals surface area contributed by atoms with Gasteiger partial charge in [0, 0.05) is 40.1 Å². The maximum absolute atomic E-state index is 2.51. The van der Waals surface area contributed by atoms with Crippen molar-refractivity contribution in [3.05, 3.63) is 163 Å². The molecule has 0 N–H and O–H groups in total. The SMILES string of the molecule is Cc1cc(-c2ccccc2)ccc1N(c1ccccc1)c1ccc2ccc3c(N4CCc5ccccc54)ccc4ccc1c2c43. The lowest BCUT2D eigenvalue weighted by Gasteiger charge is -2.29. The van der Waals surface area contributed by atoms with Crippen molar-refractivity contribution in [3.8, 4) is 11.1 Å². The summed E-state index contributed by atoms with van der Waals surface area (Å²) in [7, 11) is 0. The van der Waals surface area contributed by atoms with Gasteiger partial charge in [0.05, 0.1) is 5.69 Å². The predicted octanol–water partition coefficient (Wildman–Crippen LogP) is 11.7. The molecule has 8 aromatic rings. The Morgan fingerprint density at radius 1 is 0.511 bits per heavy atom. The number of para-hydroxylation sites is 2. The Hall–Kier alpha value is -5.60. The number of rotatable bonds is 5. The molecule has 0 fully saturated rings. The van der Waals surface area contributed by atoms with Crippen LogP contribution in [0.2, 0.25) is 0 Å². The summed E-state index contributed by atoms with van der Waals surface area (Å²) >= 11 is 0. The van der Waals surface area contributed by atoms with Crippen molar-refractivity contribution >= 4 is 60.8 Å². The fraction of sp³-hybridized carbons (Fsp3) is 0.0698. The van der Waals surface area contributed by atoms with E-state index in [1.807, 2.05) is 0 Å². The highest BCUT2D eigenvalue weighted by molar-refractivity contribution is 6.28. The fourth-order valence-electron chi connectivity index (χ4n) is 7.49. The molecular weight excluding hydrogens is 544 g/mol. The minimum atomic E-state index is 1.01. The number of aryl methyl sites for hydroxylation is 1. The lowest BCUT2D eigenvalue weighted by molar-refractivity contribution is 1.00. The smallest absolute Gasteiger partial charge is 0.0540 e. The molecule has 0 bridgehead atoms. The van der Waals surface area contributed by atoms with E-state index in [9.17, 15) is 0 Å². The van der Waals surface area contributed by atoms with E-state index in [1.165, 1.54) is 77.3 Å². The van der Waals surface area contributed by atoms with Crippen LogP contribution in [-0.2, 0) is 6.42 Å². The van der Waals surface area contributed by atoms with Crippen LogP contribution < -0.4 is 9.80 Å². The molecule has 2 nitrogen and oxygen atoms in total. The predicted molar refractivity (Wildman–Crippen MR) is 192 cm³/mol. The molecule has 1 aliphatic heterocycles. The van der Waals surface area contributed by atoms with Crippen molar-refractivity contribution in [1.29, 1.82) is 0 Å². The summed E-state index contributed by atoms with van der Waals surface area (Å²) in [4.78, 5) is 4.95. The van der Waals surface area contributed by atoms with Crippen LogP contribution in [0.3, 0.4) is 0 Å². The summed E-state index contributed by atoms with van der Waals surface area (Å²) in [5.41, 5.74) is 11.3. The van der Waals surface area contributed by atoms with Crippen LogP contribution in [0.15, 0.2) is 152 Å². The van der Waals surface area contributed by atoms with Crippen molar-refractivity contribution in [2.45, 2.75) is 13.3 Å². The van der Waals surface area contributed by atoms with Crippen molar-refractivity contribution < 1.29 is 0 Å². The Morgan fingerprint density at radius 2 is 1.16 bits per heavy atom. The van der Waals surface area contributed by atoms with E-state index in [1.54, 1.807) is 0 Å². The fourth-order valence-corrected chi connectivity index (χ4v) is 7.49. The summed E-state index contributed by atoms with van der Waals surface area (Å²) in [6.07, 6.45) is 1.08. The van der Waals surface area contributed by atoms with E-state index < -0.39 is 0 Å². The number of benzene rings is 8. The van der Waals surface area contributed by atoms with Gasteiger partial charge < -0.3 is 9.80 Å². The number of nitrogens with zero attached hydrogens (tertiary/aromatic N) is 2. The highest BCUT2D eigenvalue weighted by Gasteiger charge is 2.24.